The minimum absolute atomic E-state index is 0.141. The molecule has 1 aliphatic heterocycles. The van der Waals surface area contributed by atoms with Crippen LogP contribution in [-0.2, 0) is 27.0 Å². The van der Waals surface area contributed by atoms with Crippen LogP contribution in [0.1, 0.15) is 23.4 Å². The lowest BCUT2D eigenvalue weighted by Gasteiger charge is -2.32. The fraction of sp³-hybridized carbons (Fsp3) is 0.476. The van der Waals surface area contributed by atoms with Gasteiger partial charge >= 0.3 is 6.18 Å². The lowest BCUT2D eigenvalue weighted by atomic mass is 9.97. The minimum Gasteiger partial charge on any atom is -0.369 e. The van der Waals surface area contributed by atoms with Crippen LogP contribution in [-0.4, -0.2) is 54.7 Å². The van der Waals surface area contributed by atoms with Crippen LogP contribution in [0.5, 0.6) is 0 Å². The molecule has 180 valence electrons. The maximum atomic E-state index is 12.9. The molecule has 1 aliphatic rings. The second-order valence-electron chi connectivity index (χ2n) is 7.46. The number of thiazole rings is 1. The summed E-state index contributed by atoms with van der Waals surface area (Å²) in [5.41, 5.74) is -0.00884. The van der Waals surface area contributed by atoms with Crippen molar-refractivity contribution in [2.45, 2.75) is 25.6 Å². The molecule has 2 heterocycles. The number of likely N-dealkylation sites (tertiary alicyclic amines) is 1. The molecule has 1 atom stereocenters. The molecule has 1 fully saturated rings. The Morgan fingerprint density at radius 1 is 1.33 bits per heavy atom. The molecule has 0 bridgehead atoms. The van der Waals surface area contributed by atoms with E-state index < -0.39 is 23.4 Å². The van der Waals surface area contributed by atoms with Gasteiger partial charge in [0.1, 0.15) is 18.3 Å². The van der Waals surface area contributed by atoms with Crippen molar-refractivity contribution < 1.29 is 31.9 Å². The van der Waals surface area contributed by atoms with Crippen molar-refractivity contribution in [3.63, 3.8) is 0 Å². The van der Waals surface area contributed by atoms with Gasteiger partial charge in [-0.1, -0.05) is 17.7 Å². The van der Waals surface area contributed by atoms with E-state index in [-0.39, 0.29) is 44.0 Å². The van der Waals surface area contributed by atoms with Crippen LogP contribution in [0.3, 0.4) is 0 Å². The highest BCUT2D eigenvalue weighted by molar-refractivity contribution is 7.09. The van der Waals surface area contributed by atoms with Crippen molar-refractivity contribution in [3.8, 4) is 11.3 Å². The molecule has 0 radical (unpaired) electrons. The number of alkyl halides is 4. The first kappa shape index (κ1) is 25.4. The van der Waals surface area contributed by atoms with Crippen LogP contribution in [0.25, 0.3) is 11.3 Å². The molecule has 0 saturated carbocycles. The van der Waals surface area contributed by atoms with Crippen molar-refractivity contribution in [3.05, 3.63) is 39.2 Å². The van der Waals surface area contributed by atoms with E-state index in [4.69, 9.17) is 16.3 Å². The summed E-state index contributed by atoms with van der Waals surface area (Å²) in [6.45, 7) is -0.0827. The number of ether oxygens (including phenoxy) is 1. The van der Waals surface area contributed by atoms with Gasteiger partial charge in [0.15, 0.2) is 0 Å². The molecule has 1 aromatic carbocycles. The van der Waals surface area contributed by atoms with Crippen LogP contribution in [0.2, 0.25) is 5.02 Å². The van der Waals surface area contributed by atoms with E-state index >= 15 is 0 Å². The molecule has 3 rings (SSSR count). The first-order chi connectivity index (χ1) is 15.7. The van der Waals surface area contributed by atoms with Gasteiger partial charge in [0.2, 0.25) is 11.8 Å². The average molecular weight is 508 g/mol. The van der Waals surface area contributed by atoms with Crippen molar-refractivity contribution >= 4 is 34.8 Å². The molecular formula is C21H22ClF4N3O3S. The lowest BCUT2D eigenvalue weighted by Crippen LogP contribution is -2.46. The van der Waals surface area contributed by atoms with E-state index in [9.17, 15) is 27.2 Å². The summed E-state index contributed by atoms with van der Waals surface area (Å²) in [5.74, 6) is -0.871. The number of amides is 2. The second-order valence-corrected chi connectivity index (χ2v) is 8.81. The number of rotatable bonds is 8. The lowest BCUT2D eigenvalue weighted by molar-refractivity contribution is -0.140. The summed E-state index contributed by atoms with van der Waals surface area (Å²) in [6.07, 6.45) is -3.23. The van der Waals surface area contributed by atoms with Gasteiger partial charge < -0.3 is 15.0 Å². The quantitative estimate of drug-likeness (QED) is 0.426. The second kappa shape index (κ2) is 11.3. The first-order valence-electron chi connectivity index (χ1n) is 10.2. The zero-order valence-electron chi connectivity index (χ0n) is 17.5. The Labute approximate surface area is 196 Å². The zero-order chi connectivity index (χ0) is 24.0. The summed E-state index contributed by atoms with van der Waals surface area (Å²) < 4.78 is 55.7. The fourth-order valence-electron chi connectivity index (χ4n) is 3.46. The summed E-state index contributed by atoms with van der Waals surface area (Å²) in [4.78, 5) is 30.6. The number of hydrogen-bond donors (Lipinski definition) is 1. The minimum atomic E-state index is -4.53. The Hall–Kier alpha value is -2.24. The Morgan fingerprint density at radius 2 is 2.12 bits per heavy atom. The maximum Gasteiger partial charge on any atom is 0.417 e. The van der Waals surface area contributed by atoms with Crippen LogP contribution in [0, 0.1) is 5.92 Å². The topological polar surface area (TPSA) is 71.5 Å². The molecule has 2 amide bonds. The Kier molecular flexibility index (Phi) is 8.66. The summed E-state index contributed by atoms with van der Waals surface area (Å²) in [7, 11) is 0. The molecule has 33 heavy (non-hydrogen) atoms. The van der Waals surface area contributed by atoms with Gasteiger partial charge in [-0.25, -0.2) is 9.37 Å². The fourth-order valence-corrected chi connectivity index (χ4v) is 4.49. The van der Waals surface area contributed by atoms with Crippen molar-refractivity contribution in [2.24, 2.45) is 5.92 Å². The molecule has 2 aromatic rings. The van der Waals surface area contributed by atoms with E-state index in [1.807, 2.05) is 0 Å². The third-order valence-electron chi connectivity index (χ3n) is 5.13. The number of halogens is 5. The average Bonchev–Trinajstić information content (AvgIpc) is 3.26. The maximum absolute atomic E-state index is 12.9. The largest absolute Gasteiger partial charge is 0.417 e. The highest BCUT2D eigenvalue weighted by atomic mass is 35.5. The molecule has 1 aromatic heterocycles. The SMILES string of the molecule is O=C(NCc1nc(-c2ccc(C(F)(F)F)c(Cl)c2)cs1)[C@H]1CCCN(C(=O)COCCF)C1. The highest BCUT2D eigenvalue weighted by Gasteiger charge is 2.33. The highest BCUT2D eigenvalue weighted by Crippen LogP contribution is 2.36. The van der Waals surface area contributed by atoms with Crippen LogP contribution in [0.4, 0.5) is 17.6 Å². The van der Waals surface area contributed by atoms with E-state index in [1.54, 1.807) is 10.3 Å². The normalized spacial score (nSPS) is 16.6. The van der Waals surface area contributed by atoms with Crippen LogP contribution in [0.15, 0.2) is 23.6 Å². The Balaban J connectivity index is 1.54. The molecule has 0 aliphatic carbocycles. The van der Waals surface area contributed by atoms with E-state index in [0.29, 0.717) is 35.7 Å². The van der Waals surface area contributed by atoms with Crippen molar-refractivity contribution in [2.75, 3.05) is 33.0 Å². The predicted octanol–water partition coefficient (Wildman–Crippen LogP) is 4.32. The number of nitrogens with one attached hydrogen (secondary N) is 1. The van der Waals surface area contributed by atoms with Gasteiger partial charge in [-0.2, -0.15) is 13.2 Å². The Morgan fingerprint density at radius 3 is 2.82 bits per heavy atom. The number of carbonyl (C=O) groups excluding carboxylic acids is 2. The third-order valence-corrected chi connectivity index (χ3v) is 6.29. The monoisotopic (exact) mass is 507 g/mol. The summed E-state index contributed by atoms with van der Waals surface area (Å²) in [6, 6.07) is 3.43. The van der Waals surface area contributed by atoms with Crippen molar-refractivity contribution in [1.29, 1.82) is 0 Å². The molecule has 6 nitrogen and oxygen atoms in total. The van der Waals surface area contributed by atoms with Gasteiger partial charge in [0.05, 0.1) is 35.3 Å². The van der Waals surface area contributed by atoms with Gasteiger partial charge in [-0.05, 0) is 25.0 Å². The van der Waals surface area contributed by atoms with Gasteiger partial charge in [0, 0.05) is 24.0 Å². The smallest absolute Gasteiger partial charge is 0.369 e. The number of aromatic nitrogens is 1. The predicted molar refractivity (Wildman–Crippen MR) is 116 cm³/mol. The van der Waals surface area contributed by atoms with Crippen molar-refractivity contribution in [1.82, 2.24) is 15.2 Å². The molecule has 0 unspecified atom stereocenters. The summed E-state index contributed by atoms with van der Waals surface area (Å²) >= 11 is 7.04. The van der Waals surface area contributed by atoms with Gasteiger partial charge in [-0.3, -0.25) is 9.59 Å². The number of piperidine rings is 1. The van der Waals surface area contributed by atoms with E-state index in [0.717, 1.165) is 6.07 Å². The first-order valence-corrected chi connectivity index (χ1v) is 11.5. The van der Waals surface area contributed by atoms with E-state index in [1.165, 1.54) is 23.5 Å². The van der Waals surface area contributed by atoms with Gasteiger partial charge in [-0.15, -0.1) is 11.3 Å². The number of carbonyl (C=O) groups is 2. The number of nitrogens with zero attached hydrogens (tertiary/aromatic N) is 2. The Bertz CT molecular complexity index is 986. The molecule has 12 heteroatoms. The molecular weight excluding hydrogens is 486 g/mol. The van der Waals surface area contributed by atoms with Gasteiger partial charge in [0.25, 0.3) is 0 Å². The number of benzene rings is 1. The molecule has 1 saturated heterocycles. The third kappa shape index (κ3) is 6.87. The van der Waals surface area contributed by atoms with Crippen LogP contribution >= 0.6 is 22.9 Å². The molecule has 0 spiro atoms. The zero-order valence-corrected chi connectivity index (χ0v) is 19.0. The molecule has 1 N–H and O–H groups in total. The number of hydrogen-bond acceptors (Lipinski definition) is 5. The standard InChI is InChI=1S/C21H22ClF4N3O3S/c22-16-8-13(3-4-15(16)21(24,25)26)17-12-33-18(28-17)9-27-20(31)14-2-1-6-29(10-14)19(30)11-32-7-5-23/h3-4,8,12,14H,1-2,5-7,9-11H2,(H,27,31)/t14-/m0/s1. The van der Waals surface area contributed by atoms with E-state index in [2.05, 4.69) is 10.3 Å². The summed E-state index contributed by atoms with van der Waals surface area (Å²) in [5, 5.41) is 4.65. The van der Waals surface area contributed by atoms with Crippen LogP contribution < -0.4 is 5.32 Å².